The van der Waals surface area contributed by atoms with Crippen LogP contribution in [0.2, 0.25) is 0 Å². The number of aryl methyl sites for hydroxylation is 2. The number of hydroxylamine groups is 1. The van der Waals surface area contributed by atoms with Gasteiger partial charge in [-0.1, -0.05) is 35.9 Å². The fourth-order valence-corrected chi connectivity index (χ4v) is 3.47. The van der Waals surface area contributed by atoms with Gasteiger partial charge in [0.1, 0.15) is 18.1 Å². The highest BCUT2D eigenvalue weighted by Gasteiger charge is 2.27. The first-order valence-corrected chi connectivity index (χ1v) is 10.2. The highest BCUT2D eigenvalue weighted by atomic mass is 16.8. The lowest BCUT2D eigenvalue weighted by atomic mass is 10.0. The van der Waals surface area contributed by atoms with Crippen molar-refractivity contribution in [3.05, 3.63) is 59.2 Å². The van der Waals surface area contributed by atoms with Crippen LogP contribution in [0.4, 0.5) is 0 Å². The third kappa shape index (κ3) is 5.28. The molecule has 2 unspecified atom stereocenters. The molecular weight excluding hydrogens is 370 g/mol. The van der Waals surface area contributed by atoms with Crippen LogP contribution in [0.15, 0.2) is 42.5 Å². The van der Waals surface area contributed by atoms with Crippen molar-refractivity contribution in [2.75, 3.05) is 6.61 Å². The number of nitrogens with one attached hydrogen (secondary N) is 1. The molecule has 0 radical (unpaired) electrons. The van der Waals surface area contributed by atoms with Crippen molar-refractivity contribution in [3.63, 3.8) is 0 Å². The molecule has 1 fully saturated rings. The van der Waals surface area contributed by atoms with Crippen molar-refractivity contribution in [1.82, 2.24) is 5.48 Å². The summed E-state index contributed by atoms with van der Waals surface area (Å²) in [6, 6.07) is 14.0. The summed E-state index contributed by atoms with van der Waals surface area (Å²) in [5.74, 6) is 1.12. The van der Waals surface area contributed by atoms with Crippen molar-refractivity contribution in [2.24, 2.45) is 0 Å². The molecule has 2 aromatic rings. The Kier molecular flexibility index (Phi) is 6.32. The number of carbonyl (C=O) groups excluding carboxylic acids is 1. The van der Waals surface area contributed by atoms with E-state index in [1.165, 1.54) is 5.56 Å². The monoisotopic (exact) mass is 397 g/mol. The largest absolute Gasteiger partial charge is 0.489 e. The number of hydrogen-bond acceptors (Lipinski definition) is 5. The molecule has 0 aliphatic carbocycles. The van der Waals surface area contributed by atoms with E-state index in [4.69, 9.17) is 19.0 Å². The van der Waals surface area contributed by atoms with Gasteiger partial charge in [0.2, 0.25) is 0 Å². The topological polar surface area (TPSA) is 66.0 Å². The third-order valence-corrected chi connectivity index (χ3v) is 5.23. The minimum atomic E-state index is -0.585. The minimum absolute atomic E-state index is 0.282. The summed E-state index contributed by atoms with van der Waals surface area (Å²) in [4.78, 5) is 17.8. The number of ether oxygens (including phenoxy) is 3. The number of amides is 1. The summed E-state index contributed by atoms with van der Waals surface area (Å²) >= 11 is 0. The first-order chi connectivity index (χ1) is 14.2. The lowest BCUT2D eigenvalue weighted by Gasteiger charge is -2.27. The van der Waals surface area contributed by atoms with Gasteiger partial charge in [-0.3, -0.25) is 4.79 Å². The molecule has 0 saturated carbocycles. The average Bonchev–Trinajstić information content (AvgIpc) is 2.77. The predicted molar refractivity (Wildman–Crippen MR) is 108 cm³/mol. The van der Waals surface area contributed by atoms with Gasteiger partial charge in [0.15, 0.2) is 12.4 Å². The summed E-state index contributed by atoms with van der Waals surface area (Å²) in [5.41, 5.74) is 5.90. The highest BCUT2D eigenvalue weighted by Crippen LogP contribution is 2.32. The molecule has 1 amide bonds. The molecule has 154 valence electrons. The maximum absolute atomic E-state index is 12.4. The predicted octanol–water partition coefficient (Wildman–Crippen LogP) is 3.84. The van der Waals surface area contributed by atoms with E-state index in [0.29, 0.717) is 25.4 Å². The van der Waals surface area contributed by atoms with Crippen LogP contribution < -0.4 is 15.0 Å². The number of benzene rings is 2. The molecule has 29 heavy (non-hydrogen) atoms. The van der Waals surface area contributed by atoms with Crippen LogP contribution in [0.5, 0.6) is 11.5 Å². The zero-order valence-electron chi connectivity index (χ0n) is 16.7. The molecule has 2 aliphatic heterocycles. The maximum Gasteiger partial charge on any atom is 0.284 e. The Morgan fingerprint density at radius 1 is 1.14 bits per heavy atom. The zero-order chi connectivity index (χ0) is 20.1. The Labute approximate surface area is 171 Å². The SMILES string of the molecule is Cc1ccc(COc2ccc3c(c2)OC(C(=O)NOC2CCCCO2)CC3)cc1. The van der Waals surface area contributed by atoms with Gasteiger partial charge in [-0.15, -0.1) is 0 Å². The van der Waals surface area contributed by atoms with Crippen molar-refractivity contribution in [1.29, 1.82) is 0 Å². The van der Waals surface area contributed by atoms with Crippen LogP contribution in [0.3, 0.4) is 0 Å². The van der Waals surface area contributed by atoms with E-state index in [-0.39, 0.29) is 12.2 Å². The summed E-state index contributed by atoms with van der Waals surface area (Å²) in [6.07, 6.45) is 3.28. The molecule has 1 N–H and O–H groups in total. The van der Waals surface area contributed by atoms with Crippen molar-refractivity contribution in [3.8, 4) is 11.5 Å². The molecule has 0 bridgehead atoms. The van der Waals surface area contributed by atoms with Crippen LogP contribution in [0.1, 0.15) is 42.4 Å². The van der Waals surface area contributed by atoms with Crippen LogP contribution in [-0.2, 0) is 27.4 Å². The van der Waals surface area contributed by atoms with Gasteiger partial charge in [0.05, 0.1) is 0 Å². The van der Waals surface area contributed by atoms with Gasteiger partial charge in [-0.25, -0.2) is 10.3 Å². The normalized spacial score (nSPS) is 21.0. The molecule has 6 nitrogen and oxygen atoms in total. The average molecular weight is 397 g/mol. The van der Waals surface area contributed by atoms with Gasteiger partial charge < -0.3 is 14.2 Å². The second-order valence-electron chi connectivity index (χ2n) is 7.57. The quantitative estimate of drug-likeness (QED) is 0.750. The maximum atomic E-state index is 12.4. The van der Waals surface area contributed by atoms with Gasteiger partial charge in [0.25, 0.3) is 5.91 Å². The Balaban J connectivity index is 1.32. The van der Waals surface area contributed by atoms with Crippen LogP contribution >= 0.6 is 0 Å². The van der Waals surface area contributed by atoms with E-state index >= 15 is 0 Å². The number of carbonyl (C=O) groups is 1. The number of rotatable bonds is 6. The molecule has 0 aromatic heterocycles. The molecule has 6 heteroatoms. The molecule has 0 spiro atoms. The van der Waals surface area contributed by atoms with E-state index < -0.39 is 6.10 Å². The Bertz CT molecular complexity index is 830. The lowest BCUT2D eigenvalue weighted by molar-refractivity contribution is -0.203. The van der Waals surface area contributed by atoms with Gasteiger partial charge in [-0.05, 0) is 49.8 Å². The first kappa shape index (κ1) is 19.7. The lowest BCUT2D eigenvalue weighted by Crippen LogP contribution is -2.42. The molecule has 2 heterocycles. The molecule has 2 aromatic carbocycles. The fraction of sp³-hybridized carbons (Fsp3) is 0.435. The Hall–Kier alpha value is -2.57. The van der Waals surface area contributed by atoms with Gasteiger partial charge in [-0.2, -0.15) is 0 Å². The van der Waals surface area contributed by atoms with Gasteiger partial charge >= 0.3 is 0 Å². The van der Waals surface area contributed by atoms with E-state index in [0.717, 1.165) is 42.6 Å². The second-order valence-corrected chi connectivity index (χ2v) is 7.57. The second kappa shape index (κ2) is 9.29. The number of hydrogen-bond donors (Lipinski definition) is 1. The summed E-state index contributed by atoms with van der Waals surface area (Å²) < 4.78 is 17.3. The third-order valence-electron chi connectivity index (χ3n) is 5.23. The van der Waals surface area contributed by atoms with Crippen LogP contribution in [0, 0.1) is 6.92 Å². The Morgan fingerprint density at radius 3 is 2.79 bits per heavy atom. The summed E-state index contributed by atoms with van der Waals surface area (Å²) in [5, 5.41) is 0. The molecule has 1 saturated heterocycles. The highest BCUT2D eigenvalue weighted by molar-refractivity contribution is 5.80. The van der Waals surface area contributed by atoms with E-state index in [2.05, 4.69) is 36.7 Å². The minimum Gasteiger partial charge on any atom is -0.489 e. The van der Waals surface area contributed by atoms with E-state index in [9.17, 15) is 4.79 Å². The summed E-state index contributed by atoms with van der Waals surface area (Å²) in [6.45, 7) is 3.21. The van der Waals surface area contributed by atoms with Crippen LogP contribution in [-0.4, -0.2) is 24.9 Å². The van der Waals surface area contributed by atoms with Crippen molar-refractivity contribution < 1.29 is 23.8 Å². The Morgan fingerprint density at radius 2 is 2.00 bits per heavy atom. The summed E-state index contributed by atoms with van der Waals surface area (Å²) in [7, 11) is 0. The molecule has 2 atom stereocenters. The zero-order valence-corrected chi connectivity index (χ0v) is 16.7. The first-order valence-electron chi connectivity index (χ1n) is 10.2. The van der Waals surface area contributed by atoms with Crippen molar-refractivity contribution in [2.45, 2.75) is 58.0 Å². The molecule has 2 aliphatic rings. The van der Waals surface area contributed by atoms with Crippen molar-refractivity contribution >= 4 is 5.91 Å². The fourth-order valence-electron chi connectivity index (χ4n) is 3.47. The smallest absolute Gasteiger partial charge is 0.284 e. The van der Waals surface area contributed by atoms with E-state index in [1.54, 1.807) is 0 Å². The molecule has 4 rings (SSSR count). The van der Waals surface area contributed by atoms with E-state index in [1.807, 2.05) is 18.2 Å². The molecular formula is C23H27NO5. The van der Waals surface area contributed by atoms with Gasteiger partial charge in [0, 0.05) is 19.1 Å². The number of fused-ring (bicyclic) bond motifs is 1. The standard InChI is InChI=1S/C23H27NO5/c1-16-5-7-17(8-6-16)15-27-19-11-9-18-10-12-20(28-21(18)14-19)23(25)24-29-22-4-2-3-13-26-22/h5-9,11,14,20,22H,2-4,10,12-13,15H2,1H3,(H,24,25). The van der Waals surface area contributed by atoms with Crippen LogP contribution in [0.25, 0.3) is 0 Å².